The number of nitrogens with zero attached hydrogens (tertiary/aromatic N) is 4. The van der Waals surface area contributed by atoms with Crippen LogP contribution in [-0.4, -0.2) is 44.4 Å². The zero-order valence-corrected chi connectivity index (χ0v) is 21.3. The number of para-hydroxylation sites is 1. The van der Waals surface area contributed by atoms with E-state index >= 15 is 0 Å². The summed E-state index contributed by atoms with van der Waals surface area (Å²) in [6.07, 6.45) is 2.95. The summed E-state index contributed by atoms with van der Waals surface area (Å²) >= 11 is 0. The number of urea groups is 1. The number of aromatic nitrogens is 3. The first-order valence-corrected chi connectivity index (χ1v) is 12.6. The Kier molecular flexibility index (Phi) is 6.81. The van der Waals surface area contributed by atoms with Crippen LogP contribution in [0, 0.1) is 6.92 Å². The summed E-state index contributed by atoms with van der Waals surface area (Å²) in [6.45, 7) is 6.22. The summed E-state index contributed by atoms with van der Waals surface area (Å²) in [5.74, 6) is 0.436. The van der Waals surface area contributed by atoms with Crippen molar-refractivity contribution in [3.05, 3.63) is 101 Å². The predicted octanol–water partition coefficient (Wildman–Crippen LogP) is 4.71. The van der Waals surface area contributed by atoms with Gasteiger partial charge in [0.2, 0.25) is 0 Å². The van der Waals surface area contributed by atoms with Crippen LogP contribution in [-0.2, 0) is 22.5 Å². The molecule has 5 rings (SSSR count). The second kappa shape index (κ2) is 10.3. The molecule has 3 heterocycles. The lowest BCUT2D eigenvalue weighted by molar-refractivity contribution is -0.141. The largest absolute Gasteiger partial charge is 0.465 e. The molecule has 0 saturated heterocycles. The van der Waals surface area contributed by atoms with Gasteiger partial charge in [-0.3, -0.25) is 4.79 Å². The van der Waals surface area contributed by atoms with Crippen molar-refractivity contribution in [1.82, 2.24) is 24.6 Å². The number of amides is 2. The maximum Gasteiger partial charge on any atom is 0.325 e. The van der Waals surface area contributed by atoms with Gasteiger partial charge in [-0.25, -0.2) is 9.48 Å². The number of benzene rings is 2. The van der Waals surface area contributed by atoms with Crippen LogP contribution in [0.1, 0.15) is 48.0 Å². The molecule has 0 bridgehead atoms. The molecule has 190 valence electrons. The zero-order valence-electron chi connectivity index (χ0n) is 21.3. The molecule has 1 atom stereocenters. The van der Waals surface area contributed by atoms with E-state index in [2.05, 4.69) is 41.1 Å². The highest BCUT2D eigenvalue weighted by atomic mass is 16.5. The molecule has 2 aromatic carbocycles. The number of hydrogen-bond acceptors (Lipinski definition) is 4. The number of carbonyl (C=O) groups excluding carboxylic acids is 2. The van der Waals surface area contributed by atoms with Gasteiger partial charge in [-0.15, -0.1) is 0 Å². The maximum absolute atomic E-state index is 13.7. The molecule has 1 N–H and O–H groups in total. The molecule has 0 spiro atoms. The van der Waals surface area contributed by atoms with Crippen molar-refractivity contribution in [2.45, 2.75) is 39.8 Å². The molecule has 8 nitrogen and oxygen atoms in total. The van der Waals surface area contributed by atoms with Gasteiger partial charge >= 0.3 is 12.0 Å². The summed E-state index contributed by atoms with van der Waals surface area (Å²) < 4.78 is 9.08. The molecular weight excluding hydrogens is 466 g/mol. The van der Waals surface area contributed by atoms with Gasteiger partial charge < -0.3 is 19.5 Å². The molecule has 2 amide bonds. The lowest BCUT2D eigenvalue weighted by Gasteiger charge is -2.31. The van der Waals surface area contributed by atoms with Crippen LogP contribution in [0.3, 0.4) is 0 Å². The second-order valence-corrected chi connectivity index (χ2v) is 9.03. The predicted molar refractivity (Wildman–Crippen MR) is 141 cm³/mol. The van der Waals surface area contributed by atoms with E-state index in [0.29, 0.717) is 6.54 Å². The summed E-state index contributed by atoms with van der Waals surface area (Å²) in [5, 5.41) is 7.63. The quantitative estimate of drug-likeness (QED) is 0.391. The molecule has 2 aromatic heterocycles. The smallest absolute Gasteiger partial charge is 0.325 e. The van der Waals surface area contributed by atoms with Gasteiger partial charge in [0.25, 0.3) is 0 Å². The number of esters is 1. The van der Waals surface area contributed by atoms with Crippen molar-refractivity contribution in [2.24, 2.45) is 0 Å². The van der Waals surface area contributed by atoms with Crippen molar-refractivity contribution in [1.29, 1.82) is 0 Å². The Morgan fingerprint density at radius 2 is 1.78 bits per heavy atom. The van der Waals surface area contributed by atoms with E-state index in [4.69, 9.17) is 9.84 Å². The fourth-order valence-electron chi connectivity index (χ4n) is 4.90. The molecule has 0 fully saturated rings. The lowest BCUT2D eigenvalue weighted by atomic mass is 10.00. The highest BCUT2D eigenvalue weighted by molar-refractivity contribution is 5.81. The van der Waals surface area contributed by atoms with E-state index < -0.39 is 5.97 Å². The average molecular weight is 498 g/mol. The fourth-order valence-corrected chi connectivity index (χ4v) is 4.90. The minimum Gasteiger partial charge on any atom is -0.465 e. The van der Waals surface area contributed by atoms with Crippen LogP contribution >= 0.6 is 0 Å². The first-order valence-electron chi connectivity index (χ1n) is 12.6. The maximum atomic E-state index is 13.7. The molecule has 1 aliphatic rings. The monoisotopic (exact) mass is 497 g/mol. The van der Waals surface area contributed by atoms with Gasteiger partial charge in [0.15, 0.2) is 0 Å². The Balaban J connectivity index is 1.64. The first kappa shape index (κ1) is 24.4. The van der Waals surface area contributed by atoms with Crippen LogP contribution in [0.4, 0.5) is 4.79 Å². The van der Waals surface area contributed by atoms with E-state index in [1.807, 2.05) is 60.3 Å². The fraction of sp³-hybridized carbons (Fsp3) is 0.276. The van der Waals surface area contributed by atoms with Crippen molar-refractivity contribution in [3.8, 4) is 11.5 Å². The van der Waals surface area contributed by atoms with E-state index in [0.717, 1.165) is 40.4 Å². The molecule has 0 aliphatic carbocycles. The minimum atomic E-state index is -0.466. The van der Waals surface area contributed by atoms with Crippen LogP contribution in [0.15, 0.2) is 72.9 Å². The molecule has 37 heavy (non-hydrogen) atoms. The van der Waals surface area contributed by atoms with Crippen LogP contribution < -0.4 is 5.32 Å². The summed E-state index contributed by atoms with van der Waals surface area (Å²) in [5.41, 5.74) is 5.88. The third-order valence-electron chi connectivity index (χ3n) is 6.74. The number of nitrogens with one attached hydrogen (secondary N) is 1. The SMILES string of the molecule is CCOC(=O)CNC(=O)N1Cc2c(C)nn(-c3ccccc3)c2-n2cccc2[C@@H]1c1ccc(CC)cc1. The number of hydrogen-bond donors (Lipinski definition) is 1. The topological polar surface area (TPSA) is 81.4 Å². The van der Waals surface area contributed by atoms with E-state index in [-0.39, 0.29) is 25.2 Å². The number of carbonyl (C=O) groups is 2. The van der Waals surface area contributed by atoms with Crippen LogP contribution in [0.5, 0.6) is 0 Å². The summed E-state index contributed by atoms with van der Waals surface area (Å²) in [7, 11) is 0. The Morgan fingerprint density at radius 1 is 1.03 bits per heavy atom. The van der Waals surface area contributed by atoms with Gasteiger partial charge in [-0.05, 0) is 55.7 Å². The standard InChI is InChI=1S/C29H31N5O3/c1-4-21-13-15-22(16-14-21)27-25-12-9-17-32(25)28-24(19-33(27)29(36)30-18-26(35)37-5-2)20(3)31-34(28)23-10-7-6-8-11-23/h6-17,27H,4-5,18-19H2,1-3H3,(H,30,36)/t27-/m0/s1. The van der Waals surface area contributed by atoms with E-state index in [9.17, 15) is 9.59 Å². The van der Waals surface area contributed by atoms with Gasteiger partial charge in [-0.2, -0.15) is 5.10 Å². The van der Waals surface area contributed by atoms with Crippen LogP contribution in [0.25, 0.3) is 11.5 Å². The van der Waals surface area contributed by atoms with Gasteiger partial charge in [0.1, 0.15) is 12.4 Å². The lowest BCUT2D eigenvalue weighted by Crippen LogP contribution is -2.44. The molecule has 1 aliphatic heterocycles. The molecule has 0 unspecified atom stereocenters. The van der Waals surface area contributed by atoms with Crippen molar-refractivity contribution in [2.75, 3.05) is 13.2 Å². The van der Waals surface area contributed by atoms with E-state index in [1.54, 1.807) is 11.8 Å². The first-order chi connectivity index (χ1) is 18.0. The molecule has 0 saturated carbocycles. The van der Waals surface area contributed by atoms with Gasteiger partial charge in [0.05, 0.1) is 36.3 Å². The van der Waals surface area contributed by atoms with Crippen molar-refractivity contribution in [3.63, 3.8) is 0 Å². The Morgan fingerprint density at radius 3 is 2.49 bits per heavy atom. The highest BCUT2D eigenvalue weighted by Crippen LogP contribution is 2.38. The third-order valence-corrected chi connectivity index (χ3v) is 6.74. The normalized spacial score (nSPS) is 14.5. The molecule has 0 radical (unpaired) electrons. The number of rotatable bonds is 6. The number of aryl methyl sites for hydroxylation is 2. The van der Waals surface area contributed by atoms with Gasteiger partial charge in [0, 0.05) is 11.8 Å². The number of ether oxygens (including phenoxy) is 1. The Labute approximate surface area is 216 Å². The molecule has 4 aromatic rings. The molecular formula is C29H31N5O3. The zero-order chi connectivity index (χ0) is 25.9. The highest BCUT2D eigenvalue weighted by Gasteiger charge is 2.36. The Bertz CT molecular complexity index is 1410. The second-order valence-electron chi connectivity index (χ2n) is 9.03. The average Bonchev–Trinajstić information content (AvgIpc) is 3.48. The van der Waals surface area contributed by atoms with Gasteiger partial charge in [-0.1, -0.05) is 49.4 Å². The summed E-state index contributed by atoms with van der Waals surface area (Å²) in [4.78, 5) is 27.5. The third kappa shape index (κ3) is 4.62. The van der Waals surface area contributed by atoms with Crippen LogP contribution in [0.2, 0.25) is 0 Å². The van der Waals surface area contributed by atoms with E-state index in [1.165, 1.54) is 5.56 Å². The molecule has 8 heteroatoms. The number of fused-ring (bicyclic) bond motifs is 3. The Hall–Kier alpha value is -4.33. The minimum absolute atomic E-state index is 0.194. The summed E-state index contributed by atoms with van der Waals surface area (Å²) in [6, 6.07) is 21.7. The van der Waals surface area contributed by atoms with Crippen molar-refractivity contribution >= 4 is 12.0 Å². The van der Waals surface area contributed by atoms with Crippen molar-refractivity contribution < 1.29 is 14.3 Å².